The lowest BCUT2D eigenvalue weighted by molar-refractivity contribution is 0.424. The van der Waals surface area contributed by atoms with E-state index in [2.05, 4.69) is 5.32 Å². The Labute approximate surface area is 121 Å². The van der Waals surface area contributed by atoms with Gasteiger partial charge in [-0.1, -0.05) is 19.9 Å². The Balaban J connectivity index is 3.04. The van der Waals surface area contributed by atoms with Crippen LogP contribution in [0.3, 0.4) is 0 Å². The highest BCUT2D eigenvalue weighted by Crippen LogP contribution is 2.20. The molecule has 6 heteroatoms. The molecule has 0 atom stereocenters. The maximum atomic E-state index is 13.8. The molecule has 20 heavy (non-hydrogen) atoms. The summed E-state index contributed by atoms with van der Waals surface area (Å²) in [5, 5.41) is 2.92. The van der Waals surface area contributed by atoms with Crippen molar-refractivity contribution in [2.45, 2.75) is 31.7 Å². The molecule has 0 unspecified atom stereocenters. The smallest absolute Gasteiger partial charge is 0.245 e. The second kappa shape index (κ2) is 7.15. The summed E-state index contributed by atoms with van der Waals surface area (Å²) in [5.41, 5.74) is 0.740. The van der Waals surface area contributed by atoms with Crippen LogP contribution in [0, 0.1) is 11.7 Å². The number of hydrogen-bond acceptors (Lipinski definition) is 3. The topological polar surface area (TPSA) is 49.4 Å². The lowest BCUT2D eigenvalue weighted by Gasteiger charge is -2.19. The third kappa shape index (κ3) is 4.26. The molecule has 1 N–H and O–H groups in total. The van der Waals surface area contributed by atoms with Gasteiger partial charge in [0.1, 0.15) is 10.7 Å². The van der Waals surface area contributed by atoms with Crippen LogP contribution >= 0.6 is 0 Å². The SMILES string of the molecule is CNCc1ccc(F)c(S(=O)(=O)N(C)CCC(C)C)c1. The molecule has 0 aromatic heterocycles. The second-order valence-corrected chi connectivity index (χ2v) is 7.32. The Hall–Kier alpha value is -0.980. The van der Waals surface area contributed by atoms with Crippen LogP contribution in [-0.2, 0) is 16.6 Å². The van der Waals surface area contributed by atoms with Crippen molar-refractivity contribution >= 4 is 10.0 Å². The minimum atomic E-state index is -3.78. The molecule has 1 rings (SSSR count). The van der Waals surface area contributed by atoms with E-state index in [-0.39, 0.29) is 4.90 Å². The summed E-state index contributed by atoms with van der Waals surface area (Å²) in [4.78, 5) is -0.253. The molecule has 0 aliphatic rings. The zero-order valence-corrected chi connectivity index (χ0v) is 13.3. The average Bonchev–Trinajstić information content (AvgIpc) is 2.38. The Kier molecular flexibility index (Phi) is 6.10. The Bertz CT molecular complexity index is 544. The fraction of sp³-hybridized carbons (Fsp3) is 0.571. The Morgan fingerprint density at radius 2 is 2.00 bits per heavy atom. The average molecular weight is 302 g/mol. The van der Waals surface area contributed by atoms with Crippen molar-refractivity contribution < 1.29 is 12.8 Å². The Morgan fingerprint density at radius 1 is 1.35 bits per heavy atom. The fourth-order valence-corrected chi connectivity index (χ4v) is 3.08. The van der Waals surface area contributed by atoms with Crippen molar-refractivity contribution in [3.8, 4) is 0 Å². The summed E-state index contributed by atoms with van der Waals surface area (Å²) in [6, 6.07) is 4.18. The van der Waals surface area contributed by atoms with Gasteiger partial charge >= 0.3 is 0 Å². The van der Waals surface area contributed by atoms with Gasteiger partial charge in [-0.05, 0) is 37.1 Å². The number of nitrogens with one attached hydrogen (secondary N) is 1. The maximum Gasteiger partial charge on any atom is 0.245 e. The van der Waals surface area contributed by atoms with Gasteiger partial charge in [0.2, 0.25) is 10.0 Å². The molecule has 0 saturated carbocycles. The molecule has 0 saturated heterocycles. The summed E-state index contributed by atoms with van der Waals surface area (Å²) in [6.45, 7) is 4.93. The molecule has 114 valence electrons. The number of benzene rings is 1. The van der Waals surface area contributed by atoms with E-state index in [4.69, 9.17) is 0 Å². The summed E-state index contributed by atoms with van der Waals surface area (Å²) in [6.07, 6.45) is 0.744. The van der Waals surface area contributed by atoms with Crippen LogP contribution in [0.25, 0.3) is 0 Å². The fourth-order valence-electron chi connectivity index (χ4n) is 1.79. The van der Waals surface area contributed by atoms with Gasteiger partial charge in [0.15, 0.2) is 0 Å². The summed E-state index contributed by atoms with van der Waals surface area (Å²) in [5.74, 6) is -0.311. The van der Waals surface area contributed by atoms with Crippen molar-refractivity contribution in [3.63, 3.8) is 0 Å². The van der Waals surface area contributed by atoms with Crippen molar-refractivity contribution in [1.29, 1.82) is 0 Å². The molecular weight excluding hydrogens is 279 g/mol. The first-order valence-corrected chi connectivity index (χ1v) is 8.12. The molecule has 4 nitrogen and oxygen atoms in total. The van der Waals surface area contributed by atoms with E-state index in [0.29, 0.717) is 19.0 Å². The van der Waals surface area contributed by atoms with Gasteiger partial charge in [0, 0.05) is 20.1 Å². The van der Waals surface area contributed by atoms with E-state index >= 15 is 0 Å². The van der Waals surface area contributed by atoms with Gasteiger partial charge < -0.3 is 5.32 Å². The molecule has 0 amide bonds. The minimum absolute atomic E-state index is 0.253. The summed E-state index contributed by atoms with van der Waals surface area (Å²) >= 11 is 0. The molecule has 0 aliphatic carbocycles. The number of sulfonamides is 1. The zero-order valence-electron chi connectivity index (χ0n) is 12.5. The van der Waals surface area contributed by atoms with Crippen molar-refractivity contribution in [2.24, 2.45) is 5.92 Å². The number of rotatable bonds is 7. The molecule has 0 spiro atoms. The first-order valence-electron chi connectivity index (χ1n) is 6.68. The Morgan fingerprint density at radius 3 is 2.55 bits per heavy atom. The van der Waals surface area contributed by atoms with Gasteiger partial charge in [-0.25, -0.2) is 17.1 Å². The second-order valence-electron chi connectivity index (χ2n) is 5.30. The lowest BCUT2D eigenvalue weighted by atomic mass is 10.1. The molecule has 0 fully saturated rings. The third-order valence-corrected chi connectivity index (χ3v) is 4.96. The summed E-state index contributed by atoms with van der Waals surface area (Å²) in [7, 11) is -0.531. The van der Waals surface area contributed by atoms with Gasteiger partial charge in [0.25, 0.3) is 0 Å². The van der Waals surface area contributed by atoms with Crippen LogP contribution in [-0.4, -0.2) is 33.4 Å². The molecule has 0 aliphatic heterocycles. The predicted molar refractivity (Wildman–Crippen MR) is 78.4 cm³/mol. The van der Waals surface area contributed by atoms with Gasteiger partial charge in [-0.2, -0.15) is 0 Å². The van der Waals surface area contributed by atoms with Crippen LogP contribution in [0.4, 0.5) is 4.39 Å². The lowest BCUT2D eigenvalue weighted by Crippen LogP contribution is -2.29. The predicted octanol–water partition coefficient (Wildman–Crippen LogP) is 2.21. The maximum absolute atomic E-state index is 13.8. The van der Waals surface area contributed by atoms with Gasteiger partial charge in [0.05, 0.1) is 0 Å². The van der Waals surface area contributed by atoms with Crippen LogP contribution in [0.1, 0.15) is 25.8 Å². The first-order chi connectivity index (χ1) is 9.28. The standard InChI is InChI=1S/C14H23FN2O2S/c1-11(2)7-8-17(4)20(18,19)14-9-12(10-16-3)5-6-13(14)15/h5-6,9,11,16H,7-8,10H2,1-4H3. The van der Waals surface area contributed by atoms with Crippen molar-refractivity contribution in [1.82, 2.24) is 9.62 Å². The van der Waals surface area contributed by atoms with Crippen molar-refractivity contribution in [3.05, 3.63) is 29.6 Å². The quantitative estimate of drug-likeness (QED) is 0.840. The van der Waals surface area contributed by atoms with E-state index in [9.17, 15) is 12.8 Å². The normalized spacial score (nSPS) is 12.3. The van der Waals surface area contributed by atoms with E-state index in [1.54, 1.807) is 13.1 Å². The van der Waals surface area contributed by atoms with Crippen LogP contribution < -0.4 is 5.32 Å². The molecular formula is C14H23FN2O2S. The van der Waals surface area contributed by atoms with E-state index in [1.165, 1.54) is 23.5 Å². The largest absolute Gasteiger partial charge is 0.316 e. The monoisotopic (exact) mass is 302 g/mol. The number of nitrogens with zero attached hydrogens (tertiary/aromatic N) is 1. The highest BCUT2D eigenvalue weighted by atomic mass is 32.2. The molecule has 1 aromatic carbocycles. The van der Waals surface area contributed by atoms with E-state index in [0.717, 1.165) is 12.0 Å². The summed E-state index contributed by atoms with van der Waals surface area (Å²) < 4.78 is 39.8. The van der Waals surface area contributed by atoms with Gasteiger partial charge in [-0.15, -0.1) is 0 Å². The molecule has 1 aromatic rings. The highest BCUT2D eigenvalue weighted by molar-refractivity contribution is 7.89. The van der Waals surface area contributed by atoms with Crippen molar-refractivity contribution in [2.75, 3.05) is 20.6 Å². The molecule has 0 radical (unpaired) electrons. The first kappa shape index (κ1) is 17.1. The highest BCUT2D eigenvalue weighted by Gasteiger charge is 2.24. The molecule has 0 bridgehead atoms. The zero-order chi connectivity index (χ0) is 15.3. The van der Waals surface area contributed by atoms with Crippen LogP contribution in [0.5, 0.6) is 0 Å². The van der Waals surface area contributed by atoms with Crippen LogP contribution in [0.2, 0.25) is 0 Å². The third-order valence-electron chi connectivity index (χ3n) is 3.09. The van der Waals surface area contributed by atoms with Crippen LogP contribution in [0.15, 0.2) is 23.1 Å². The minimum Gasteiger partial charge on any atom is -0.316 e. The van der Waals surface area contributed by atoms with E-state index < -0.39 is 15.8 Å². The number of hydrogen-bond donors (Lipinski definition) is 1. The number of halogens is 1. The van der Waals surface area contributed by atoms with E-state index in [1.807, 2.05) is 13.8 Å². The van der Waals surface area contributed by atoms with Gasteiger partial charge in [-0.3, -0.25) is 0 Å². The molecule has 0 heterocycles.